The summed E-state index contributed by atoms with van der Waals surface area (Å²) in [5.74, 6) is 0.964. The molecule has 3 heteroatoms. The van der Waals surface area contributed by atoms with Gasteiger partial charge in [-0.3, -0.25) is 0 Å². The number of hydrogen-bond donors (Lipinski definition) is 1. The van der Waals surface area contributed by atoms with E-state index in [0.717, 1.165) is 12.3 Å². The Hall–Kier alpha value is -0.800. The Bertz CT molecular complexity index is 262. The minimum atomic E-state index is -0.0599. The third-order valence-corrected chi connectivity index (χ3v) is 2.06. The summed E-state index contributed by atoms with van der Waals surface area (Å²) in [6.07, 6.45) is 1.69. The van der Waals surface area contributed by atoms with Crippen molar-refractivity contribution in [1.29, 1.82) is 0 Å². The Morgan fingerprint density at radius 2 is 2.20 bits per heavy atom. The molecule has 1 heterocycles. The molecule has 15 heavy (non-hydrogen) atoms. The Morgan fingerprint density at radius 3 is 2.73 bits per heavy atom. The van der Waals surface area contributed by atoms with Crippen LogP contribution in [0.5, 0.6) is 0 Å². The third-order valence-electron chi connectivity index (χ3n) is 2.06. The molecular weight excluding hydrogens is 190 g/mol. The van der Waals surface area contributed by atoms with Crippen LogP contribution in [0.25, 0.3) is 0 Å². The molecule has 3 nitrogen and oxygen atoms in total. The zero-order chi connectivity index (χ0) is 11.3. The Morgan fingerprint density at radius 1 is 1.47 bits per heavy atom. The van der Waals surface area contributed by atoms with E-state index in [0.29, 0.717) is 6.61 Å². The Balaban J connectivity index is 2.16. The van der Waals surface area contributed by atoms with Gasteiger partial charge in [0, 0.05) is 6.54 Å². The van der Waals surface area contributed by atoms with Gasteiger partial charge in [0.15, 0.2) is 0 Å². The first-order chi connectivity index (χ1) is 6.99. The van der Waals surface area contributed by atoms with E-state index in [-0.39, 0.29) is 11.6 Å². The van der Waals surface area contributed by atoms with Crippen molar-refractivity contribution in [2.45, 2.75) is 39.3 Å². The van der Waals surface area contributed by atoms with Crippen molar-refractivity contribution in [1.82, 2.24) is 5.32 Å². The van der Waals surface area contributed by atoms with Crippen molar-refractivity contribution in [3.05, 3.63) is 24.2 Å². The summed E-state index contributed by atoms with van der Waals surface area (Å²) in [6, 6.07) is 4.12. The molecule has 1 atom stereocenters. The first-order valence-corrected chi connectivity index (χ1v) is 5.40. The summed E-state index contributed by atoms with van der Waals surface area (Å²) < 4.78 is 10.9. The van der Waals surface area contributed by atoms with Crippen LogP contribution in [0.1, 0.15) is 39.5 Å². The molecule has 0 aliphatic carbocycles. The van der Waals surface area contributed by atoms with Crippen molar-refractivity contribution in [2.75, 3.05) is 13.2 Å². The summed E-state index contributed by atoms with van der Waals surface area (Å²) in [5, 5.41) is 3.34. The predicted molar refractivity (Wildman–Crippen MR) is 60.8 cm³/mol. The highest BCUT2D eigenvalue weighted by atomic mass is 16.5. The average molecular weight is 211 g/mol. The minimum absolute atomic E-state index is 0.0599. The van der Waals surface area contributed by atoms with Crippen LogP contribution in [0.15, 0.2) is 22.8 Å². The quantitative estimate of drug-likeness (QED) is 0.760. The van der Waals surface area contributed by atoms with Gasteiger partial charge < -0.3 is 14.5 Å². The molecule has 1 aromatic heterocycles. The van der Waals surface area contributed by atoms with Crippen LogP contribution in [0.4, 0.5) is 0 Å². The first-order valence-electron chi connectivity index (χ1n) is 5.40. The molecule has 1 rings (SSSR count). The fourth-order valence-electron chi connectivity index (χ4n) is 1.27. The third kappa shape index (κ3) is 5.00. The lowest BCUT2D eigenvalue weighted by Crippen LogP contribution is -2.28. The second kappa shape index (κ2) is 5.33. The highest BCUT2D eigenvalue weighted by Gasteiger charge is 2.10. The highest BCUT2D eigenvalue weighted by molar-refractivity contribution is 5.02. The van der Waals surface area contributed by atoms with Crippen molar-refractivity contribution >= 4 is 0 Å². The number of hydrogen-bond acceptors (Lipinski definition) is 3. The zero-order valence-electron chi connectivity index (χ0n) is 10.0. The van der Waals surface area contributed by atoms with Crippen molar-refractivity contribution in [3.63, 3.8) is 0 Å². The lowest BCUT2D eigenvalue weighted by atomic mass is 10.2. The Kier molecular flexibility index (Phi) is 4.36. The molecule has 0 radical (unpaired) electrons. The molecule has 0 bridgehead atoms. The molecule has 86 valence electrons. The molecule has 0 aromatic carbocycles. The van der Waals surface area contributed by atoms with Gasteiger partial charge in [-0.2, -0.15) is 0 Å². The van der Waals surface area contributed by atoms with Gasteiger partial charge in [-0.05, 0) is 39.8 Å². The van der Waals surface area contributed by atoms with Crippen LogP contribution in [0, 0.1) is 0 Å². The molecule has 1 aromatic rings. The molecule has 0 aliphatic rings. The summed E-state index contributed by atoms with van der Waals surface area (Å²) in [4.78, 5) is 0. The van der Waals surface area contributed by atoms with Crippen molar-refractivity contribution in [2.24, 2.45) is 0 Å². The number of nitrogens with one attached hydrogen (secondary N) is 1. The van der Waals surface area contributed by atoms with Crippen LogP contribution in [0.2, 0.25) is 0 Å². The van der Waals surface area contributed by atoms with Gasteiger partial charge in [-0.1, -0.05) is 0 Å². The standard InChI is InChI=1S/C12H21NO2/c1-10(11-6-5-8-14-11)13-7-9-15-12(2,3)4/h5-6,8,10,13H,7,9H2,1-4H3. The normalized spacial score (nSPS) is 14.1. The molecule has 0 saturated heterocycles. The summed E-state index contributed by atoms with van der Waals surface area (Å²) in [5.41, 5.74) is -0.0599. The number of rotatable bonds is 5. The van der Waals surface area contributed by atoms with E-state index >= 15 is 0 Å². The predicted octanol–water partition coefficient (Wildman–Crippen LogP) is 2.75. The SMILES string of the molecule is CC(NCCOC(C)(C)C)c1ccco1. The second-order valence-corrected chi connectivity index (χ2v) is 4.65. The molecule has 1 unspecified atom stereocenters. The highest BCUT2D eigenvalue weighted by Crippen LogP contribution is 2.12. The van der Waals surface area contributed by atoms with E-state index in [1.807, 2.05) is 12.1 Å². The van der Waals surface area contributed by atoms with E-state index in [1.165, 1.54) is 0 Å². The van der Waals surface area contributed by atoms with E-state index < -0.39 is 0 Å². The number of ether oxygens (including phenoxy) is 1. The van der Waals surface area contributed by atoms with Crippen LogP contribution >= 0.6 is 0 Å². The molecular formula is C12H21NO2. The molecule has 0 saturated carbocycles. The van der Waals surface area contributed by atoms with Gasteiger partial charge in [0.05, 0.1) is 24.5 Å². The maximum atomic E-state index is 5.60. The van der Waals surface area contributed by atoms with Crippen LogP contribution < -0.4 is 5.32 Å². The fraction of sp³-hybridized carbons (Fsp3) is 0.667. The molecule has 1 N–H and O–H groups in total. The van der Waals surface area contributed by atoms with E-state index in [9.17, 15) is 0 Å². The monoisotopic (exact) mass is 211 g/mol. The Labute approximate surface area is 91.8 Å². The van der Waals surface area contributed by atoms with Crippen LogP contribution in [0.3, 0.4) is 0 Å². The van der Waals surface area contributed by atoms with Gasteiger partial charge in [-0.25, -0.2) is 0 Å². The van der Waals surface area contributed by atoms with E-state index in [4.69, 9.17) is 9.15 Å². The van der Waals surface area contributed by atoms with Gasteiger partial charge in [0.25, 0.3) is 0 Å². The average Bonchev–Trinajstić information content (AvgIpc) is 2.63. The largest absolute Gasteiger partial charge is 0.468 e. The molecule has 0 amide bonds. The maximum absolute atomic E-state index is 5.60. The lowest BCUT2D eigenvalue weighted by molar-refractivity contribution is -0.00164. The molecule has 0 aliphatic heterocycles. The smallest absolute Gasteiger partial charge is 0.120 e. The fourth-order valence-corrected chi connectivity index (χ4v) is 1.27. The molecule has 0 spiro atoms. The van der Waals surface area contributed by atoms with Crippen molar-refractivity contribution in [3.8, 4) is 0 Å². The molecule has 0 fully saturated rings. The van der Waals surface area contributed by atoms with E-state index in [1.54, 1.807) is 6.26 Å². The summed E-state index contributed by atoms with van der Waals surface area (Å²) in [7, 11) is 0. The van der Waals surface area contributed by atoms with Crippen LogP contribution in [-0.4, -0.2) is 18.8 Å². The minimum Gasteiger partial charge on any atom is -0.468 e. The summed E-state index contributed by atoms with van der Waals surface area (Å²) >= 11 is 0. The van der Waals surface area contributed by atoms with Crippen LogP contribution in [-0.2, 0) is 4.74 Å². The zero-order valence-corrected chi connectivity index (χ0v) is 10.0. The van der Waals surface area contributed by atoms with Gasteiger partial charge in [0.2, 0.25) is 0 Å². The maximum Gasteiger partial charge on any atom is 0.120 e. The van der Waals surface area contributed by atoms with E-state index in [2.05, 4.69) is 33.0 Å². The van der Waals surface area contributed by atoms with Gasteiger partial charge in [-0.15, -0.1) is 0 Å². The topological polar surface area (TPSA) is 34.4 Å². The second-order valence-electron chi connectivity index (χ2n) is 4.65. The lowest BCUT2D eigenvalue weighted by Gasteiger charge is -2.20. The number of furan rings is 1. The van der Waals surface area contributed by atoms with Gasteiger partial charge >= 0.3 is 0 Å². The van der Waals surface area contributed by atoms with Crippen molar-refractivity contribution < 1.29 is 9.15 Å². The summed E-state index contributed by atoms with van der Waals surface area (Å²) in [6.45, 7) is 9.80. The first kappa shape index (κ1) is 12.3. The van der Waals surface area contributed by atoms with Gasteiger partial charge in [0.1, 0.15) is 5.76 Å².